The summed E-state index contributed by atoms with van der Waals surface area (Å²) in [5.74, 6) is 0. The number of fused-ring (bicyclic) bond motifs is 1. The summed E-state index contributed by atoms with van der Waals surface area (Å²) in [5.41, 5.74) is 1.99. The smallest absolute Gasteiger partial charge is 0.248 e. The van der Waals surface area contributed by atoms with Crippen LogP contribution in [0.15, 0.2) is 35.1 Å². The molecule has 2 aromatic rings. The van der Waals surface area contributed by atoms with E-state index in [1.165, 1.54) is 0 Å². The van der Waals surface area contributed by atoms with Crippen molar-refractivity contribution in [2.24, 2.45) is 0 Å². The van der Waals surface area contributed by atoms with Crippen LogP contribution in [0.3, 0.4) is 0 Å². The summed E-state index contributed by atoms with van der Waals surface area (Å²) in [5, 5.41) is 1.08. The fraction of sp³-hybridized carbons (Fsp3) is 0.100. The first kappa shape index (κ1) is 7.10. The third-order valence-electron chi connectivity index (χ3n) is 1.97. The number of aryl methyl sites for hydroxylation is 1. The Labute approximate surface area is 71.3 Å². The number of rotatable bonds is 0. The van der Waals surface area contributed by atoms with Gasteiger partial charge in [0.2, 0.25) is 5.56 Å². The molecule has 0 spiro atoms. The lowest BCUT2D eigenvalue weighted by Crippen LogP contribution is -2.02. The number of hydrogen-bond acceptors (Lipinski definition) is 1. The van der Waals surface area contributed by atoms with Crippen LogP contribution in [0, 0.1) is 6.92 Å². The van der Waals surface area contributed by atoms with Gasteiger partial charge >= 0.3 is 0 Å². The highest BCUT2D eigenvalue weighted by atomic mass is 16.1. The van der Waals surface area contributed by atoms with Gasteiger partial charge in [-0.25, -0.2) is 0 Å². The summed E-state index contributed by atoms with van der Waals surface area (Å²) in [7, 11) is 0. The molecule has 62 valence electrons. The van der Waals surface area contributed by atoms with Crippen LogP contribution < -0.4 is 5.56 Å². The molecule has 1 aromatic carbocycles. The number of para-hydroxylation sites is 1. The van der Waals surface area contributed by atoms with E-state index in [-0.39, 0.29) is 6.99 Å². The van der Waals surface area contributed by atoms with E-state index < -0.39 is 0 Å². The maximum atomic E-state index is 11.0. The minimum Gasteiger partial charge on any atom is -0.322 e. The molecular weight excluding hydrogens is 150 g/mol. The van der Waals surface area contributed by atoms with E-state index in [9.17, 15) is 4.79 Å². The molecule has 0 aliphatic heterocycles. The average molecular weight is 161 g/mol. The van der Waals surface area contributed by atoms with E-state index in [2.05, 4.69) is 4.98 Å². The largest absolute Gasteiger partial charge is 0.322 e. The van der Waals surface area contributed by atoms with Gasteiger partial charge in [0.1, 0.15) is 0 Å². The van der Waals surface area contributed by atoms with Gasteiger partial charge in [-0.15, -0.1) is 0 Å². The van der Waals surface area contributed by atoms with Crippen molar-refractivity contribution < 1.29 is 1.43 Å². The van der Waals surface area contributed by atoms with Gasteiger partial charge in [-0.3, -0.25) is 4.79 Å². The lowest BCUT2D eigenvalue weighted by molar-refractivity contribution is 1.28. The van der Waals surface area contributed by atoms with Crippen LogP contribution in [0.4, 0.5) is 0 Å². The number of benzene rings is 1. The molecule has 2 heteroatoms. The summed E-state index contributed by atoms with van der Waals surface area (Å²) < 4.78 is 0. The third-order valence-corrected chi connectivity index (χ3v) is 1.97. The van der Waals surface area contributed by atoms with Crippen LogP contribution in [0.2, 0.25) is 0 Å². The molecule has 0 atom stereocenters. The Morgan fingerprint density at radius 3 is 2.92 bits per heavy atom. The van der Waals surface area contributed by atoms with E-state index in [0.717, 1.165) is 16.5 Å². The zero-order valence-corrected chi connectivity index (χ0v) is 6.79. The second-order valence-corrected chi connectivity index (χ2v) is 2.86. The highest BCUT2D eigenvalue weighted by molar-refractivity contribution is 5.81. The van der Waals surface area contributed by atoms with E-state index in [0.29, 0.717) is 0 Å². The minimum atomic E-state index is -0.0446. The quantitative estimate of drug-likeness (QED) is 0.630. The lowest BCUT2D eigenvalue weighted by atomic mass is 10.1. The van der Waals surface area contributed by atoms with Crippen LogP contribution in [0.5, 0.6) is 0 Å². The summed E-state index contributed by atoms with van der Waals surface area (Å²) in [6, 6.07) is 9.33. The van der Waals surface area contributed by atoms with Crippen molar-refractivity contribution in [2.75, 3.05) is 0 Å². The Kier molecular flexibility index (Phi) is 1.47. The number of hydrogen-bond donors (Lipinski definition) is 1. The van der Waals surface area contributed by atoms with Gasteiger partial charge in [-0.2, -0.15) is 0 Å². The Balaban J connectivity index is 0.000000845. The summed E-state index contributed by atoms with van der Waals surface area (Å²) in [6.07, 6.45) is 0. The highest BCUT2D eigenvalue weighted by Gasteiger charge is 1.95. The fourth-order valence-corrected chi connectivity index (χ4v) is 1.33. The molecular formula is C10H11NO. The maximum absolute atomic E-state index is 11.0. The number of aromatic amines is 1. The number of aromatic nitrogens is 1. The van der Waals surface area contributed by atoms with Crippen LogP contribution >= 0.6 is 0 Å². The highest BCUT2D eigenvalue weighted by Crippen LogP contribution is 2.12. The molecule has 0 aliphatic carbocycles. The fourth-order valence-electron chi connectivity index (χ4n) is 1.33. The van der Waals surface area contributed by atoms with Gasteiger partial charge in [0, 0.05) is 7.49 Å². The molecule has 0 bridgehead atoms. The Hall–Kier alpha value is -1.57. The molecule has 0 saturated heterocycles. The van der Waals surface area contributed by atoms with Crippen LogP contribution in [-0.4, -0.2) is 4.98 Å². The zero-order valence-electron chi connectivity index (χ0n) is 6.79. The van der Waals surface area contributed by atoms with Crippen molar-refractivity contribution in [3.63, 3.8) is 0 Å². The Morgan fingerprint density at radius 1 is 1.25 bits per heavy atom. The topological polar surface area (TPSA) is 32.9 Å². The molecule has 2 nitrogen and oxygen atoms in total. The van der Waals surface area contributed by atoms with Crippen molar-refractivity contribution in [3.05, 3.63) is 46.2 Å². The van der Waals surface area contributed by atoms with Gasteiger partial charge in [-0.1, -0.05) is 18.2 Å². The Morgan fingerprint density at radius 2 is 2.08 bits per heavy atom. The molecule has 1 N–H and O–H groups in total. The van der Waals surface area contributed by atoms with Crippen molar-refractivity contribution in [2.45, 2.75) is 6.92 Å². The Bertz CT molecular complexity index is 476. The van der Waals surface area contributed by atoms with Gasteiger partial charge in [-0.05, 0) is 23.9 Å². The van der Waals surface area contributed by atoms with Crippen molar-refractivity contribution in [1.29, 1.82) is 0 Å². The predicted molar refractivity (Wildman–Crippen MR) is 51.4 cm³/mol. The molecule has 0 amide bonds. The van der Waals surface area contributed by atoms with Crippen LogP contribution in [0.25, 0.3) is 10.9 Å². The average Bonchev–Trinajstić information content (AvgIpc) is 2.07. The monoisotopic (exact) mass is 161 g/mol. The maximum Gasteiger partial charge on any atom is 0.248 e. The number of pyridine rings is 1. The van der Waals surface area contributed by atoms with E-state index in [4.69, 9.17) is 0 Å². The minimum absolute atomic E-state index is 0. The van der Waals surface area contributed by atoms with Gasteiger partial charge in [0.25, 0.3) is 0 Å². The van der Waals surface area contributed by atoms with Crippen molar-refractivity contribution >= 4 is 10.9 Å². The lowest BCUT2D eigenvalue weighted by Gasteiger charge is -1.99. The SMILES string of the molecule is Cc1cccc2ccc(=O)[nH]c12.[HH]. The van der Waals surface area contributed by atoms with Gasteiger partial charge in [0.05, 0.1) is 5.52 Å². The second-order valence-electron chi connectivity index (χ2n) is 2.86. The molecule has 2 rings (SSSR count). The van der Waals surface area contributed by atoms with Gasteiger partial charge in [0.15, 0.2) is 0 Å². The molecule has 1 heterocycles. The molecule has 0 radical (unpaired) electrons. The number of nitrogens with one attached hydrogen (secondary N) is 1. The van der Waals surface area contributed by atoms with E-state index >= 15 is 0 Å². The molecule has 0 fully saturated rings. The first-order valence-corrected chi connectivity index (χ1v) is 3.86. The first-order chi connectivity index (χ1) is 5.77. The van der Waals surface area contributed by atoms with Crippen molar-refractivity contribution in [3.8, 4) is 0 Å². The van der Waals surface area contributed by atoms with Crippen LogP contribution in [-0.2, 0) is 0 Å². The molecule has 0 unspecified atom stereocenters. The molecule has 12 heavy (non-hydrogen) atoms. The molecule has 0 aliphatic rings. The van der Waals surface area contributed by atoms with E-state index in [1.54, 1.807) is 6.07 Å². The summed E-state index contributed by atoms with van der Waals surface area (Å²) in [4.78, 5) is 13.8. The van der Waals surface area contributed by atoms with Crippen LogP contribution in [0.1, 0.15) is 6.99 Å². The van der Waals surface area contributed by atoms with E-state index in [1.807, 2.05) is 31.2 Å². The summed E-state index contributed by atoms with van der Waals surface area (Å²) >= 11 is 0. The molecule has 0 saturated carbocycles. The standard InChI is InChI=1S/C10H9NO.H2/c1-7-3-2-4-8-5-6-9(12)11-10(7)8;/h2-6H,1H3,(H,11,12);1H. The van der Waals surface area contributed by atoms with Crippen molar-refractivity contribution in [1.82, 2.24) is 4.98 Å². The normalized spacial score (nSPS) is 10.4. The predicted octanol–water partition coefficient (Wildman–Crippen LogP) is 2.08. The third kappa shape index (κ3) is 1.01. The summed E-state index contributed by atoms with van der Waals surface area (Å²) in [6.45, 7) is 1.98. The molecule has 1 aromatic heterocycles. The van der Waals surface area contributed by atoms with Gasteiger partial charge < -0.3 is 4.98 Å². The number of H-pyrrole nitrogens is 1. The first-order valence-electron chi connectivity index (χ1n) is 3.86. The second kappa shape index (κ2) is 2.48. The zero-order chi connectivity index (χ0) is 8.55.